The van der Waals surface area contributed by atoms with Crippen LogP contribution in [0.15, 0.2) is 0 Å². The zero-order chi connectivity index (χ0) is 15.8. The molecular weight excluding hydrogens is 272 g/mol. The van der Waals surface area contributed by atoms with E-state index in [9.17, 15) is 9.90 Å². The van der Waals surface area contributed by atoms with Crippen molar-refractivity contribution < 1.29 is 9.90 Å². The molecule has 22 heavy (non-hydrogen) atoms. The molecule has 7 atom stereocenters. The Morgan fingerprint density at radius 3 is 2.45 bits per heavy atom. The molecule has 4 aliphatic carbocycles. The molecule has 0 bridgehead atoms. The fourth-order valence-corrected chi connectivity index (χ4v) is 7.29. The Bertz CT molecular complexity index is 496. The second kappa shape index (κ2) is 4.59. The van der Waals surface area contributed by atoms with Gasteiger partial charge in [0.15, 0.2) is 0 Å². The molecule has 124 valence electrons. The highest BCUT2D eigenvalue weighted by molar-refractivity contribution is 5.79. The van der Waals surface area contributed by atoms with Crippen molar-refractivity contribution in [2.24, 2.45) is 34.5 Å². The largest absolute Gasteiger partial charge is 0.390 e. The number of hydrogen-bond donors (Lipinski definition) is 1. The molecule has 2 heteroatoms. The van der Waals surface area contributed by atoms with Crippen LogP contribution in [0.2, 0.25) is 0 Å². The van der Waals surface area contributed by atoms with E-state index in [1.165, 1.54) is 32.1 Å². The van der Waals surface area contributed by atoms with Gasteiger partial charge < -0.3 is 5.11 Å². The van der Waals surface area contributed by atoms with Crippen LogP contribution in [0.5, 0.6) is 0 Å². The molecule has 2 nitrogen and oxygen atoms in total. The predicted octanol–water partition coefficient (Wildman–Crippen LogP) is 4.35. The van der Waals surface area contributed by atoms with Gasteiger partial charge in [0.1, 0.15) is 5.78 Å². The van der Waals surface area contributed by atoms with Gasteiger partial charge in [0.2, 0.25) is 0 Å². The molecule has 0 spiro atoms. The van der Waals surface area contributed by atoms with Crippen LogP contribution >= 0.6 is 0 Å². The Labute approximate surface area is 135 Å². The van der Waals surface area contributed by atoms with Crippen LogP contribution in [-0.4, -0.2) is 16.5 Å². The number of carbonyl (C=O) groups excluding carboxylic acids is 1. The summed E-state index contributed by atoms with van der Waals surface area (Å²) < 4.78 is 0. The second-order valence-corrected chi connectivity index (χ2v) is 9.67. The molecule has 1 N–H and O–H groups in total. The molecule has 0 aromatic heterocycles. The highest BCUT2D eigenvalue weighted by atomic mass is 16.3. The minimum absolute atomic E-state index is 0.127. The quantitative estimate of drug-likeness (QED) is 0.722. The first-order chi connectivity index (χ1) is 10.3. The van der Waals surface area contributed by atoms with Crippen LogP contribution in [-0.2, 0) is 4.79 Å². The Balaban J connectivity index is 1.65. The van der Waals surface area contributed by atoms with E-state index >= 15 is 0 Å². The second-order valence-electron chi connectivity index (χ2n) is 9.67. The fourth-order valence-electron chi connectivity index (χ4n) is 7.29. The van der Waals surface area contributed by atoms with Gasteiger partial charge >= 0.3 is 0 Å². The van der Waals surface area contributed by atoms with E-state index in [0.29, 0.717) is 23.0 Å². The maximum Gasteiger partial charge on any atom is 0.133 e. The number of aliphatic hydroxyl groups is 1. The molecule has 0 aliphatic heterocycles. The molecule has 4 saturated carbocycles. The fraction of sp³-hybridized carbons (Fsp3) is 0.950. The minimum Gasteiger partial charge on any atom is -0.390 e. The molecule has 4 fully saturated rings. The normalized spacial score (nSPS) is 57.9. The first-order valence-electron chi connectivity index (χ1n) is 9.52. The number of Topliss-reactive ketones (excluding diaryl/α,β-unsaturated/α-hetero) is 1. The summed E-state index contributed by atoms with van der Waals surface area (Å²) in [7, 11) is 0. The van der Waals surface area contributed by atoms with Crippen LogP contribution in [0.4, 0.5) is 0 Å². The van der Waals surface area contributed by atoms with Crippen molar-refractivity contribution >= 4 is 5.78 Å². The number of carbonyl (C=O) groups is 1. The summed E-state index contributed by atoms with van der Waals surface area (Å²) in [5.74, 6) is 3.44. The van der Waals surface area contributed by atoms with Crippen molar-refractivity contribution in [1.29, 1.82) is 0 Å². The maximum absolute atomic E-state index is 11.9. The Morgan fingerprint density at radius 2 is 1.68 bits per heavy atom. The summed E-state index contributed by atoms with van der Waals surface area (Å²) >= 11 is 0. The minimum atomic E-state index is -0.469. The summed E-state index contributed by atoms with van der Waals surface area (Å²) in [6, 6.07) is 0. The SMILES string of the molecule is C[C@]12CCC(=O)C[C@@H]1CC[C@@H]1[C@H]2CC[C@@]2(C)[C@H]1CC[C@]2(C)O. The number of fused-ring (bicyclic) bond motifs is 5. The number of hydrogen-bond acceptors (Lipinski definition) is 2. The summed E-state index contributed by atoms with van der Waals surface area (Å²) in [5.41, 5.74) is 0.0530. The molecule has 4 aliphatic rings. The summed E-state index contributed by atoms with van der Waals surface area (Å²) in [5, 5.41) is 10.9. The predicted molar refractivity (Wildman–Crippen MR) is 87.4 cm³/mol. The first-order valence-corrected chi connectivity index (χ1v) is 9.52. The molecule has 0 heterocycles. The molecule has 0 unspecified atom stereocenters. The topological polar surface area (TPSA) is 37.3 Å². The summed E-state index contributed by atoms with van der Waals surface area (Å²) in [6.45, 7) is 6.94. The Kier molecular flexibility index (Phi) is 3.16. The van der Waals surface area contributed by atoms with Gasteiger partial charge in [-0.2, -0.15) is 0 Å². The average Bonchev–Trinajstić information content (AvgIpc) is 2.70. The van der Waals surface area contributed by atoms with E-state index in [4.69, 9.17) is 0 Å². The lowest BCUT2D eigenvalue weighted by Crippen LogP contribution is -2.55. The van der Waals surface area contributed by atoms with Gasteiger partial charge in [-0.15, -0.1) is 0 Å². The third-order valence-corrected chi connectivity index (χ3v) is 9.04. The smallest absolute Gasteiger partial charge is 0.133 e. The van der Waals surface area contributed by atoms with Crippen LogP contribution in [0, 0.1) is 34.5 Å². The van der Waals surface area contributed by atoms with Gasteiger partial charge in [-0.1, -0.05) is 13.8 Å². The van der Waals surface area contributed by atoms with E-state index in [2.05, 4.69) is 20.8 Å². The average molecular weight is 304 g/mol. The Morgan fingerprint density at radius 1 is 0.955 bits per heavy atom. The molecule has 0 radical (unpaired) electrons. The molecule has 0 aromatic rings. The molecule has 0 saturated heterocycles. The van der Waals surface area contributed by atoms with Crippen LogP contribution in [0.3, 0.4) is 0 Å². The van der Waals surface area contributed by atoms with Gasteiger partial charge in [-0.3, -0.25) is 4.79 Å². The van der Waals surface area contributed by atoms with Gasteiger partial charge in [0.25, 0.3) is 0 Å². The number of ketones is 1. The van der Waals surface area contributed by atoms with E-state index in [1.54, 1.807) is 0 Å². The molecular formula is C20H32O2. The zero-order valence-corrected chi connectivity index (χ0v) is 14.5. The van der Waals surface area contributed by atoms with Crippen molar-refractivity contribution in [2.45, 2.75) is 84.2 Å². The first kappa shape index (κ1) is 15.2. The van der Waals surface area contributed by atoms with E-state index in [1.807, 2.05) is 0 Å². The zero-order valence-electron chi connectivity index (χ0n) is 14.5. The monoisotopic (exact) mass is 304 g/mol. The van der Waals surface area contributed by atoms with Gasteiger partial charge in [-0.25, -0.2) is 0 Å². The van der Waals surface area contributed by atoms with Gasteiger partial charge in [-0.05, 0) is 86.4 Å². The van der Waals surface area contributed by atoms with Gasteiger partial charge in [0.05, 0.1) is 5.60 Å². The molecule has 0 aromatic carbocycles. The standard InChI is InChI=1S/C20H32O2/c1-18-9-6-14(21)12-13(18)4-5-15-16(18)7-10-19(2)17(15)8-11-20(19,3)22/h13,15-17,22H,4-12H2,1-3H3/t13-,15+,16+,17-,18-,19-,20-/m0/s1. The Hall–Kier alpha value is -0.370. The van der Waals surface area contributed by atoms with E-state index < -0.39 is 5.60 Å². The van der Waals surface area contributed by atoms with Crippen LogP contribution in [0.25, 0.3) is 0 Å². The summed E-state index contributed by atoms with van der Waals surface area (Å²) in [6.07, 6.45) is 9.98. The molecule has 4 rings (SSSR count). The van der Waals surface area contributed by atoms with Crippen molar-refractivity contribution in [3.05, 3.63) is 0 Å². The van der Waals surface area contributed by atoms with E-state index in [-0.39, 0.29) is 5.41 Å². The van der Waals surface area contributed by atoms with E-state index in [0.717, 1.165) is 37.5 Å². The lowest BCUT2D eigenvalue weighted by Gasteiger charge is -2.60. The van der Waals surface area contributed by atoms with Crippen molar-refractivity contribution in [3.63, 3.8) is 0 Å². The lowest BCUT2D eigenvalue weighted by atomic mass is 9.44. The third-order valence-electron chi connectivity index (χ3n) is 9.04. The highest BCUT2D eigenvalue weighted by Gasteiger charge is 2.63. The van der Waals surface area contributed by atoms with Gasteiger partial charge in [0, 0.05) is 12.8 Å². The summed E-state index contributed by atoms with van der Waals surface area (Å²) in [4.78, 5) is 11.9. The van der Waals surface area contributed by atoms with Crippen LogP contribution < -0.4 is 0 Å². The molecule has 0 amide bonds. The number of rotatable bonds is 0. The maximum atomic E-state index is 11.9. The third kappa shape index (κ3) is 1.79. The lowest BCUT2D eigenvalue weighted by molar-refractivity contribution is -0.152. The van der Waals surface area contributed by atoms with Crippen molar-refractivity contribution in [3.8, 4) is 0 Å². The van der Waals surface area contributed by atoms with Crippen molar-refractivity contribution in [1.82, 2.24) is 0 Å². The highest BCUT2D eigenvalue weighted by Crippen LogP contribution is 2.67. The van der Waals surface area contributed by atoms with Crippen molar-refractivity contribution in [2.75, 3.05) is 0 Å². The van der Waals surface area contributed by atoms with Crippen LogP contribution in [0.1, 0.15) is 78.6 Å².